The van der Waals surface area contributed by atoms with E-state index in [0.717, 1.165) is 13.0 Å². The van der Waals surface area contributed by atoms with Crippen LogP contribution in [0, 0.1) is 17.4 Å². The van der Waals surface area contributed by atoms with E-state index in [1.165, 1.54) is 0 Å². The molecule has 1 aliphatic heterocycles. The zero-order valence-electron chi connectivity index (χ0n) is 6.42. The molecule has 1 heterocycles. The molecule has 1 amide bonds. The van der Waals surface area contributed by atoms with Crippen molar-refractivity contribution in [3.63, 3.8) is 0 Å². The Morgan fingerprint density at radius 2 is 2.55 bits per heavy atom. The number of hydrogen-bond donors (Lipinski definition) is 2. The highest BCUT2D eigenvalue weighted by atomic mass is 16.2. The quantitative estimate of drug-likeness (QED) is 0.397. The molecular weight excluding hydrogens is 142 g/mol. The molecule has 2 atom stereocenters. The number of amides is 1. The molecule has 1 rings (SSSR count). The predicted octanol–water partition coefficient (Wildman–Crippen LogP) is -0.418. The molecule has 2 N–H and O–H groups in total. The summed E-state index contributed by atoms with van der Waals surface area (Å²) < 4.78 is 0. The minimum Gasteiger partial charge on any atom is -0.306 e. The highest BCUT2D eigenvalue weighted by Crippen LogP contribution is 2.13. The summed E-state index contributed by atoms with van der Waals surface area (Å²) in [5, 5.41) is 13.3. The minimum atomic E-state index is -0.211. The van der Waals surface area contributed by atoms with E-state index < -0.39 is 0 Å². The van der Waals surface area contributed by atoms with Crippen LogP contribution in [0.15, 0.2) is 0 Å². The van der Waals surface area contributed by atoms with Crippen molar-refractivity contribution < 1.29 is 4.79 Å². The van der Waals surface area contributed by atoms with Gasteiger partial charge in [-0.2, -0.15) is 5.26 Å². The van der Waals surface area contributed by atoms with E-state index in [1.807, 2.05) is 6.92 Å². The van der Waals surface area contributed by atoms with Gasteiger partial charge >= 0.3 is 0 Å². The summed E-state index contributed by atoms with van der Waals surface area (Å²) in [7, 11) is 0. The zero-order chi connectivity index (χ0) is 8.27. The molecule has 60 valence electrons. The van der Waals surface area contributed by atoms with E-state index in [9.17, 15) is 4.79 Å². The molecule has 0 bridgehead atoms. The lowest BCUT2D eigenvalue weighted by Gasteiger charge is -2.11. The van der Waals surface area contributed by atoms with Crippen LogP contribution in [0.3, 0.4) is 0 Å². The van der Waals surface area contributed by atoms with Crippen molar-refractivity contribution in [1.29, 1.82) is 5.26 Å². The lowest BCUT2D eigenvalue weighted by molar-refractivity contribution is -0.122. The fourth-order valence-electron chi connectivity index (χ4n) is 1.32. The van der Waals surface area contributed by atoms with Gasteiger partial charge in [0.05, 0.1) is 6.04 Å². The summed E-state index contributed by atoms with van der Waals surface area (Å²) in [5.74, 6) is 0.126. The van der Waals surface area contributed by atoms with Gasteiger partial charge in [-0.25, -0.2) is 0 Å². The SMILES string of the molecule is CC1CCNC1C(=O)NC#N. The third-order valence-corrected chi connectivity index (χ3v) is 1.99. The smallest absolute Gasteiger partial charge is 0.250 e. The second-order valence-corrected chi connectivity index (χ2v) is 2.80. The van der Waals surface area contributed by atoms with Crippen LogP contribution in [-0.4, -0.2) is 18.5 Å². The molecule has 1 saturated heterocycles. The molecule has 0 spiro atoms. The molecule has 4 nitrogen and oxygen atoms in total. The van der Waals surface area contributed by atoms with E-state index in [2.05, 4.69) is 10.6 Å². The Morgan fingerprint density at radius 1 is 1.82 bits per heavy atom. The van der Waals surface area contributed by atoms with Gasteiger partial charge in [-0.1, -0.05) is 6.92 Å². The summed E-state index contributed by atoms with van der Waals surface area (Å²) in [4.78, 5) is 11.1. The molecule has 0 aromatic heterocycles. The predicted molar refractivity (Wildman–Crippen MR) is 39.3 cm³/mol. The molecule has 1 aliphatic rings. The average molecular weight is 153 g/mol. The van der Waals surface area contributed by atoms with Gasteiger partial charge in [0, 0.05) is 0 Å². The summed E-state index contributed by atoms with van der Waals surface area (Å²) in [6.07, 6.45) is 2.63. The highest BCUT2D eigenvalue weighted by Gasteiger charge is 2.28. The van der Waals surface area contributed by atoms with Crippen LogP contribution in [-0.2, 0) is 4.79 Å². The number of carbonyl (C=O) groups is 1. The van der Waals surface area contributed by atoms with Crippen molar-refractivity contribution >= 4 is 5.91 Å². The fourth-order valence-corrected chi connectivity index (χ4v) is 1.32. The van der Waals surface area contributed by atoms with Crippen LogP contribution in [0.1, 0.15) is 13.3 Å². The Hall–Kier alpha value is -1.08. The van der Waals surface area contributed by atoms with Gasteiger partial charge in [0.15, 0.2) is 6.19 Å². The Morgan fingerprint density at radius 3 is 3.00 bits per heavy atom. The van der Waals surface area contributed by atoms with Gasteiger partial charge in [-0.05, 0) is 18.9 Å². The Bertz CT molecular complexity index is 196. The van der Waals surface area contributed by atoms with Crippen LogP contribution >= 0.6 is 0 Å². The van der Waals surface area contributed by atoms with E-state index >= 15 is 0 Å². The molecule has 4 heteroatoms. The van der Waals surface area contributed by atoms with Crippen LogP contribution < -0.4 is 10.6 Å². The van der Waals surface area contributed by atoms with Crippen molar-refractivity contribution in [2.75, 3.05) is 6.54 Å². The number of nitrogens with one attached hydrogen (secondary N) is 2. The first-order valence-electron chi connectivity index (χ1n) is 3.68. The van der Waals surface area contributed by atoms with Crippen molar-refractivity contribution in [1.82, 2.24) is 10.6 Å². The topological polar surface area (TPSA) is 64.9 Å². The summed E-state index contributed by atoms with van der Waals surface area (Å²) >= 11 is 0. The molecule has 0 aromatic rings. The maximum Gasteiger partial charge on any atom is 0.250 e. The molecular formula is C7H11N3O. The summed E-state index contributed by atoms with van der Waals surface area (Å²) in [6.45, 7) is 2.87. The van der Waals surface area contributed by atoms with Crippen molar-refractivity contribution in [3.8, 4) is 6.19 Å². The Labute approximate surface area is 65.6 Å². The van der Waals surface area contributed by atoms with Gasteiger partial charge in [0.1, 0.15) is 0 Å². The molecule has 2 unspecified atom stereocenters. The van der Waals surface area contributed by atoms with Gasteiger partial charge < -0.3 is 5.32 Å². The minimum absolute atomic E-state index is 0.172. The van der Waals surface area contributed by atoms with E-state index in [1.54, 1.807) is 6.19 Å². The molecule has 11 heavy (non-hydrogen) atoms. The fraction of sp³-hybridized carbons (Fsp3) is 0.714. The second-order valence-electron chi connectivity index (χ2n) is 2.80. The Balaban J connectivity index is 2.47. The van der Waals surface area contributed by atoms with Crippen molar-refractivity contribution in [2.24, 2.45) is 5.92 Å². The Kier molecular flexibility index (Phi) is 2.44. The first-order valence-corrected chi connectivity index (χ1v) is 3.68. The molecule has 0 saturated carbocycles. The number of carbonyl (C=O) groups excluding carboxylic acids is 1. The monoisotopic (exact) mass is 153 g/mol. The van der Waals surface area contributed by atoms with Crippen LogP contribution in [0.25, 0.3) is 0 Å². The van der Waals surface area contributed by atoms with Crippen molar-refractivity contribution in [2.45, 2.75) is 19.4 Å². The molecule has 0 aromatic carbocycles. The lowest BCUT2D eigenvalue weighted by Crippen LogP contribution is -2.41. The second kappa shape index (κ2) is 3.35. The first kappa shape index (κ1) is 8.02. The maximum atomic E-state index is 11.1. The van der Waals surface area contributed by atoms with Gasteiger partial charge in [0.2, 0.25) is 5.91 Å². The van der Waals surface area contributed by atoms with Crippen LogP contribution in [0.4, 0.5) is 0 Å². The van der Waals surface area contributed by atoms with E-state index in [4.69, 9.17) is 5.26 Å². The van der Waals surface area contributed by atoms with Gasteiger partial charge in [-0.3, -0.25) is 10.1 Å². The van der Waals surface area contributed by atoms with E-state index in [0.29, 0.717) is 5.92 Å². The standard InChI is InChI=1S/C7H11N3O/c1-5-2-3-9-6(5)7(11)10-4-8/h5-6,9H,2-3H2,1H3,(H,10,11). The molecule has 0 radical (unpaired) electrons. The largest absolute Gasteiger partial charge is 0.306 e. The van der Waals surface area contributed by atoms with E-state index in [-0.39, 0.29) is 11.9 Å². The third kappa shape index (κ3) is 1.69. The summed E-state index contributed by atoms with van der Waals surface area (Å²) in [5.41, 5.74) is 0. The summed E-state index contributed by atoms with van der Waals surface area (Å²) in [6, 6.07) is -0.172. The van der Waals surface area contributed by atoms with Crippen molar-refractivity contribution in [3.05, 3.63) is 0 Å². The number of nitriles is 1. The van der Waals surface area contributed by atoms with Gasteiger partial charge in [0.25, 0.3) is 0 Å². The van der Waals surface area contributed by atoms with Gasteiger partial charge in [-0.15, -0.1) is 0 Å². The third-order valence-electron chi connectivity index (χ3n) is 1.99. The number of nitrogens with zero attached hydrogens (tertiary/aromatic N) is 1. The number of rotatable bonds is 1. The number of hydrogen-bond acceptors (Lipinski definition) is 3. The lowest BCUT2D eigenvalue weighted by atomic mass is 10.0. The average Bonchev–Trinajstić information content (AvgIpc) is 2.36. The first-order chi connectivity index (χ1) is 5.25. The molecule has 1 fully saturated rings. The molecule has 0 aliphatic carbocycles. The van der Waals surface area contributed by atoms with Crippen LogP contribution in [0.5, 0.6) is 0 Å². The zero-order valence-corrected chi connectivity index (χ0v) is 6.42. The highest BCUT2D eigenvalue weighted by molar-refractivity contribution is 5.83. The normalized spacial score (nSPS) is 29.5. The maximum absolute atomic E-state index is 11.1. The van der Waals surface area contributed by atoms with Crippen LogP contribution in [0.2, 0.25) is 0 Å².